The molecule has 3 heterocycles. The van der Waals surface area contributed by atoms with Crippen LogP contribution in [0.15, 0.2) is 73.3 Å². The van der Waals surface area contributed by atoms with E-state index < -0.39 is 0 Å². The highest BCUT2D eigenvalue weighted by Crippen LogP contribution is 2.38. The summed E-state index contributed by atoms with van der Waals surface area (Å²) in [6.45, 7) is 5.20. The van der Waals surface area contributed by atoms with Crippen LogP contribution < -0.4 is 10.1 Å². The van der Waals surface area contributed by atoms with Crippen LogP contribution in [-0.2, 0) is 11.2 Å². The summed E-state index contributed by atoms with van der Waals surface area (Å²) in [4.78, 5) is 18.9. The average Bonchev–Trinajstić information content (AvgIpc) is 3.59. The van der Waals surface area contributed by atoms with Gasteiger partial charge in [0.2, 0.25) is 11.8 Å². The molecule has 0 bridgehead atoms. The Kier molecular flexibility index (Phi) is 6.16. The molecule has 7 rings (SSSR count). The molecule has 2 fully saturated rings. The second kappa shape index (κ2) is 9.97. The van der Waals surface area contributed by atoms with Gasteiger partial charge in [-0.3, -0.25) is 4.79 Å². The number of piperidine rings is 1. The van der Waals surface area contributed by atoms with E-state index in [4.69, 9.17) is 14.8 Å². The van der Waals surface area contributed by atoms with Crippen LogP contribution in [0.3, 0.4) is 0 Å². The zero-order chi connectivity index (χ0) is 26.3. The summed E-state index contributed by atoms with van der Waals surface area (Å²) in [5.41, 5.74) is 7.69. The van der Waals surface area contributed by atoms with Crippen LogP contribution in [0.4, 0.5) is 0 Å². The van der Waals surface area contributed by atoms with Crippen LogP contribution in [0, 0.1) is 0 Å². The van der Waals surface area contributed by atoms with E-state index in [0.29, 0.717) is 24.1 Å². The van der Waals surface area contributed by atoms with Crippen molar-refractivity contribution >= 4 is 11.6 Å². The number of amides is 1. The number of aryl methyl sites for hydroxylation is 1. The van der Waals surface area contributed by atoms with Gasteiger partial charge in [-0.15, -0.1) is 5.10 Å². The molecule has 0 radical (unpaired) electrons. The lowest BCUT2D eigenvalue weighted by molar-refractivity contribution is -0.127. The molecule has 1 saturated heterocycles. The maximum Gasteiger partial charge on any atom is 0.245 e. The van der Waals surface area contributed by atoms with E-state index in [1.54, 1.807) is 0 Å². The zero-order valence-electron chi connectivity index (χ0n) is 22.1. The molecule has 7 heteroatoms. The van der Waals surface area contributed by atoms with E-state index >= 15 is 0 Å². The van der Waals surface area contributed by atoms with E-state index in [0.717, 1.165) is 79.8 Å². The van der Waals surface area contributed by atoms with Crippen LogP contribution in [0.25, 0.3) is 28.2 Å². The molecule has 1 amide bonds. The third-order valence-corrected chi connectivity index (χ3v) is 8.22. The van der Waals surface area contributed by atoms with Gasteiger partial charge in [0, 0.05) is 42.4 Å². The number of ether oxygens (including phenoxy) is 1. The minimum absolute atomic E-state index is 0.0378. The van der Waals surface area contributed by atoms with E-state index in [1.165, 1.54) is 17.2 Å². The van der Waals surface area contributed by atoms with Gasteiger partial charge in [0.15, 0.2) is 5.65 Å². The first kappa shape index (κ1) is 24.1. The van der Waals surface area contributed by atoms with E-state index in [-0.39, 0.29) is 5.91 Å². The summed E-state index contributed by atoms with van der Waals surface area (Å²) in [5, 5.41) is 8.73. The first-order valence-electron chi connectivity index (χ1n) is 14.1. The summed E-state index contributed by atoms with van der Waals surface area (Å²) >= 11 is 0. The minimum Gasteiger partial charge on any atom is -0.473 e. The molecule has 1 N–H and O–H groups in total. The number of imidazole rings is 1. The number of carbonyl (C=O) groups excluding carboxylic acids is 1. The molecule has 4 aromatic rings. The highest BCUT2D eigenvalue weighted by molar-refractivity contribution is 5.87. The average molecular weight is 520 g/mol. The molecule has 198 valence electrons. The van der Waals surface area contributed by atoms with Gasteiger partial charge >= 0.3 is 0 Å². The first-order valence-corrected chi connectivity index (χ1v) is 14.1. The molecular weight excluding hydrogens is 486 g/mol. The van der Waals surface area contributed by atoms with Crippen molar-refractivity contribution in [3.05, 3.63) is 84.4 Å². The zero-order valence-corrected chi connectivity index (χ0v) is 22.1. The molecule has 2 aliphatic carbocycles. The van der Waals surface area contributed by atoms with Crippen LogP contribution in [0.1, 0.15) is 49.3 Å². The van der Waals surface area contributed by atoms with E-state index in [9.17, 15) is 4.79 Å². The number of hydrogen-bond acceptors (Lipinski definition) is 5. The maximum atomic E-state index is 11.9. The molecule has 1 saturated carbocycles. The van der Waals surface area contributed by atoms with E-state index in [1.807, 2.05) is 27.6 Å². The summed E-state index contributed by atoms with van der Waals surface area (Å²) in [7, 11) is 0. The van der Waals surface area contributed by atoms with Gasteiger partial charge in [-0.2, -0.15) is 0 Å². The number of likely N-dealkylation sites (tertiary alicyclic amines) is 1. The Labute approximate surface area is 228 Å². The highest BCUT2D eigenvalue weighted by Gasteiger charge is 2.29. The third kappa shape index (κ3) is 4.72. The van der Waals surface area contributed by atoms with Gasteiger partial charge in [-0.1, -0.05) is 49.0 Å². The fourth-order valence-electron chi connectivity index (χ4n) is 6.01. The summed E-state index contributed by atoms with van der Waals surface area (Å²) in [6, 6.07) is 21.9. The Bertz CT molecular complexity index is 1530. The number of hydrogen-bond donors (Lipinski definition) is 1. The Balaban J connectivity index is 1.17. The van der Waals surface area contributed by atoms with Gasteiger partial charge in [0.05, 0.1) is 5.69 Å². The predicted molar refractivity (Wildman–Crippen MR) is 152 cm³/mol. The summed E-state index contributed by atoms with van der Waals surface area (Å²) in [5.74, 6) is 0.685. The lowest BCUT2D eigenvalue weighted by Crippen LogP contribution is -2.45. The fourth-order valence-corrected chi connectivity index (χ4v) is 6.01. The van der Waals surface area contributed by atoms with Crippen LogP contribution in [0.2, 0.25) is 0 Å². The molecule has 2 aromatic heterocycles. The van der Waals surface area contributed by atoms with Crippen molar-refractivity contribution in [2.75, 3.05) is 13.1 Å². The Morgan fingerprint density at radius 1 is 0.974 bits per heavy atom. The molecule has 2 aromatic carbocycles. The quantitative estimate of drug-likeness (QED) is 0.333. The molecule has 7 nitrogen and oxygen atoms in total. The molecule has 39 heavy (non-hydrogen) atoms. The van der Waals surface area contributed by atoms with Crippen molar-refractivity contribution in [3.8, 4) is 28.4 Å². The van der Waals surface area contributed by atoms with Gasteiger partial charge in [0.1, 0.15) is 11.8 Å². The number of aromatic nitrogens is 3. The van der Waals surface area contributed by atoms with Crippen LogP contribution in [0.5, 0.6) is 5.88 Å². The monoisotopic (exact) mass is 519 g/mol. The highest BCUT2D eigenvalue weighted by atomic mass is 16.5. The number of fused-ring (bicyclic) bond motifs is 2. The predicted octanol–water partition coefficient (Wildman–Crippen LogP) is 5.36. The van der Waals surface area contributed by atoms with Crippen molar-refractivity contribution in [3.63, 3.8) is 0 Å². The summed E-state index contributed by atoms with van der Waals surface area (Å²) in [6.07, 6.45) is 7.99. The normalized spacial score (nSPS) is 19.3. The van der Waals surface area contributed by atoms with Crippen LogP contribution >= 0.6 is 0 Å². The maximum absolute atomic E-state index is 11.9. The molecule has 1 aliphatic heterocycles. The molecular formula is C32H33N5O2. The lowest BCUT2D eigenvalue weighted by Gasteiger charge is -2.33. The largest absolute Gasteiger partial charge is 0.473 e. The van der Waals surface area contributed by atoms with Crippen LogP contribution in [-0.4, -0.2) is 50.6 Å². The minimum atomic E-state index is 0.0378. The van der Waals surface area contributed by atoms with Crippen molar-refractivity contribution in [2.45, 2.75) is 56.7 Å². The van der Waals surface area contributed by atoms with Gasteiger partial charge < -0.3 is 15.0 Å². The first-order chi connectivity index (χ1) is 19.2. The molecule has 0 unspecified atom stereocenters. The number of benzene rings is 2. The van der Waals surface area contributed by atoms with E-state index in [2.05, 4.69) is 54.4 Å². The fraction of sp³-hybridized carbons (Fsp3) is 0.344. The number of carbonyl (C=O) groups is 1. The number of nitrogens with zero attached hydrogens (tertiary/aromatic N) is 4. The number of nitrogens with one attached hydrogen (secondary N) is 1. The van der Waals surface area contributed by atoms with Crippen molar-refractivity contribution in [2.24, 2.45) is 0 Å². The topological polar surface area (TPSA) is 71.8 Å². The Hall–Kier alpha value is -3.97. The Morgan fingerprint density at radius 2 is 1.79 bits per heavy atom. The summed E-state index contributed by atoms with van der Waals surface area (Å²) < 4.78 is 7.94. The molecule has 0 spiro atoms. The molecule has 1 atom stereocenters. The van der Waals surface area contributed by atoms with Crippen molar-refractivity contribution in [1.29, 1.82) is 0 Å². The SMILES string of the molecule is C=CC(=O)N1CCC(N[C@H]2CCc3cc(-c4nc5ccc(OC6CC6)nn5c4-c4ccccc4)ccc32)CC1. The van der Waals surface area contributed by atoms with Gasteiger partial charge in [-0.25, -0.2) is 9.50 Å². The second-order valence-electron chi connectivity index (χ2n) is 10.9. The van der Waals surface area contributed by atoms with Crippen molar-refractivity contribution in [1.82, 2.24) is 24.8 Å². The van der Waals surface area contributed by atoms with Gasteiger partial charge in [0.25, 0.3) is 0 Å². The standard InChI is InChI=1S/C32H33N5O2/c1-2-30(38)36-18-16-24(17-19-36)33-27-13-9-22-20-23(8-12-26(22)27)31-32(21-6-4-3-5-7-21)37-28(34-31)14-15-29(35-37)39-25-10-11-25/h2-8,12,14-15,20,24-25,27,33H,1,9-11,13,16-19H2/t27-/m0/s1. The molecule has 3 aliphatic rings. The number of rotatable bonds is 7. The second-order valence-corrected chi connectivity index (χ2v) is 10.9. The van der Waals surface area contributed by atoms with Gasteiger partial charge in [-0.05, 0) is 67.9 Å². The van der Waals surface area contributed by atoms with Crippen molar-refractivity contribution < 1.29 is 9.53 Å². The Morgan fingerprint density at radius 3 is 2.56 bits per heavy atom. The smallest absolute Gasteiger partial charge is 0.245 e. The lowest BCUT2D eigenvalue weighted by atomic mass is 9.99. The third-order valence-electron chi connectivity index (χ3n) is 8.22.